The van der Waals surface area contributed by atoms with Crippen LogP contribution >= 0.6 is 0 Å². The van der Waals surface area contributed by atoms with Gasteiger partial charge in [0.25, 0.3) is 5.69 Å². The molecule has 0 amide bonds. The quantitative estimate of drug-likeness (QED) is 0.578. The Balaban J connectivity index is 2.46. The summed E-state index contributed by atoms with van der Waals surface area (Å²) in [5.41, 5.74) is 0.00444. The molecule has 0 bridgehead atoms. The number of methoxy groups -OCH3 is 1. The van der Waals surface area contributed by atoms with Crippen molar-refractivity contribution in [3.8, 4) is 5.75 Å². The lowest BCUT2D eigenvalue weighted by Crippen LogP contribution is -2.22. The van der Waals surface area contributed by atoms with Crippen molar-refractivity contribution in [2.45, 2.75) is 6.10 Å². The van der Waals surface area contributed by atoms with Crippen molar-refractivity contribution < 1.29 is 19.5 Å². The van der Waals surface area contributed by atoms with Gasteiger partial charge >= 0.3 is 0 Å². The van der Waals surface area contributed by atoms with Gasteiger partial charge in [-0.2, -0.15) is 0 Å². The molecule has 1 aromatic carbocycles. The van der Waals surface area contributed by atoms with E-state index in [1.807, 2.05) is 0 Å². The van der Waals surface area contributed by atoms with E-state index in [-0.39, 0.29) is 18.9 Å². The summed E-state index contributed by atoms with van der Waals surface area (Å²) in [6, 6.07) is 5.66. The molecule has 1 unspecified atom stereocenters. The van der Waals surface area contributed by atoms with Gasteiger partial charge in [0.05, 0.1) is 11.5 Å². The third-order valence-corrected chi connectivity index (χ3v) is 1.85. The maximum atomic E-state index is 10.4. The Morgan fingerprint density at radius 3 is 2.50 bits per heavy atom. The van der Waals surface area contributed by atoms with Crippen LogP contribution in [-0.2, 0) is 4.74 Å². The van der Waals surface area contributed by atoms with E-state index in [9.17, 15) is 15.2 Å². The molecule has 0 aliphatic rings. The van der Waals surface area contributed by atoms with Crippen LogP contribution in [0.5, 0.6) is 5.75 Å². The fraction of sp³-hybridized carbons (Fsp3) is 0.400. The molecule has 16 heavy (non-hydrogen) atoms. The maximum absolute atomic E-state index is 10.4. The van der Waals surface area contributed by atoms with Gasteiger partial charge in [0.1, 0.15) is 18.5 Å². The van der Waals surface area contributed by atoms with Crippen molar-refractivity contribution in [1.82, 2.24) is 0 Å². The summed E-state index contributed by atoms with van der Waals surface area (Å²) >= 11 is 0. The molecule has 0 aromatic heterocycles. The van der Waals surface area contributed by atoms with Crippen LogP contribution in [-0.4, -0.2) is 36.5 Å². The van der Waals surface area contributed by atoms with Crippen LogP contribution in [0.4, 0.5) is 5.69 Å². The molecule has 0 radical (unpaired) electrons. The predicted octanol–water partition coefficient (Wildman–Crippen LogP) is 0.981. The van der Waals surface area contributed by atoms with Gasteiger partial charge in [0.2, 0.25) is 0 Å². The van der Waals surface area contributed by atoms with Gasteiger partial charge in [0, 0.05) is 19.2 Å². The second-order valence-electron chi connectivity index (χ2n) is 3.17. The van der Waals surface area contributed by atoms with Crippen LogP contribution in [0.3, 0.4) is 0 Å². The van der Waals surface area contributed by atoms with E-state index in [1.165, 1.54) is 31.4 Å². The number of aliphatic hydroxyl groups is 1. The van der Waals surface area contributed by atoms with Gasteiger partial charge in [-0.1, -0.05) is 0 Å². The maximum Gasteiger partial charge on any atom is 0.269 e. The molecule has 1 aromatic rings. The zero-order valence-electron chi connectivity index (χ0n) is 8.83. The van der Waals surface area contributed by atoms with Crippen LogP contribution in [0, 0.1) is 10.1 Å². The molecule has 0 saturated carbocycles. The van der Waals surface area contributed by atoms with Gasteiger partial charge in [-0.15, -0.1) is 0 Å². The Labute approximate surface area is 92.6 Å². The number of hydrogen-bond donors (Lipinski definition) is 1. The average molecular weight is 227 g/mol. The first-order chi connectivity index (χ1) is 7.63. The molecule has 0 aliphatic carbocycles. The van der Waals surface area contributed by atoms with Crippen LogP contribution in [0.25, 0.3) is 0 Å². The second kappa shape index (κ2) is 6.04. The topological polar surface area (TPSA) is 81.8 Å². The van der Waals surface area contributed by atoms with E-state index in [0.717, 1.165) is 0 Å². The first kappa shape index (κ1) is 12.4. The molecule has 0 spiro atoms. The van der Waals surface area contributed by atoms with E-state index < -0.39 is 11.0 Å². The molecular weight excluding hydrogens is 214 g/mol. The zero-order valence-corrected chi connectivity index (χ0v) is 8.83. The molecule has 0 fully saturated rings. The summed E-state index contributed by atoms with van der Waals surface area (Å²) in [4.78, 5) is 9.89. The highest BCUT2D eigenvalue weighted by molar-refractivity contribution is 5.35. The minimum Gasteiger partial charge on any atom is -0.491 e. The Bertz CT molecular complexity index is 338. The van der Waals surface area contributed by atoms with Crippen LogP contribution < -0.4 is 4.74 Å². The van der Waals surface area contributed by atoms with Crippen molar-refractivity contribution in [3.63, 3.8) is 0 Å². The van der Waals surface area contributed by atoms with Crippen molar-refractivity contribution in [2.75, 3.05) is 20.3 Å². The molecule has 0 saturated heterocycles. The normalized spacial score (nSPS) is 12.1. The lowest BCUT2D eigenvalue weighted by atomic mass is 10.3. The molecule has 88 valence electrons. The Morgan fingerprint density at radius 1 is 1.38 bits per heavy atom. The van der Waals surface area contributed by atoms with Gasteiger partial charge < -0.3 is 14.6 Å². The number of aliphatic hydroxyl groups excluding tert-OH is 1. The van der Waals surface area contributed by atoms with E-state index >= 15 is 0 Å². The van der Waals surface area contributed by atoms with Gasteiger partial charge in [-0.05, 0) is 12.1 Å². The molecule has 6 nitrogen and oxygen atoms in total. The first-order valence-corrected chi connectivity index (χ1v) is 4.67. The smallest absolute Gasteiger partial charge is 0.269 e. The standard InChI is InChI=1S/C10H13NO5/c1-15-6-9(12)7-16-10-4-2-8(3-5-10)11(13)14/h2-5,9,12H,6-7H2,1H3. The highest BCUT2D eigenvalue weighted by Crippen LogP contribution is 2.17. The summed E-state index contributed by atoms with van der Waals surface area (Å²) in [5.74, 6) is 0.473. The monoisotopic (exact) mass is 227 g/mol. The molecule has 0 aliphatic heterocycles. The number of benzene rings is 1. The molecule has 1 N–H and O–H groups in total. The highest BCUT2D eigenvalue weighted by Gasteiger charge is 2.07. The van der Waals surface area contributed by atoms with Crippen molar-refractivity contribution in [3.05, 3.63) is 34.4 Å². The van der Waals surface area contributed by atoms with Crippen LogP contribution in [0.15, 0.2) is 24.3 Å². The summed E-state index contributed by atoms with van der Waals surface area (Å²) in [7, 11) is 1.48. The van der Waals surface area contributed by atoms with E-state index in [0.29, 0.717) is 5.75 Å². The van der Waals surface area contributed by atoms with E-state index in [1.54, 1.807) is 0 Å². The fourth-order valence-corrected chi connectivity index (χ4v) is 1.10. The lowest BCUT2D eigenvalue weighted by molar-refractivity contribution is -0.384. The van der Waals surface area contributed by atoms with Crippen molar-refractivity contribution in [1.29, 1.82) is 0 Å². The van der Waals surface area contributed by atoms with Gasteiger partial charge in [-0.25, -0.2) is 0 Å². The predicted molar refractivity (Wildman–Crippen MR) is 56.5 cm³/mol. The largest absolute Gasteiger partial charge is 0.491 e. The minimum absolute atomic E-state index is 0.00444. The summed E-state index contributed by atoms with van der Waals surface area (Å²) in [6.07, 6.45) is -0.708. The Morgan fingerprint density at radius 2 is 2.00 bits per heavy atom. The third-order valence-electron chi connectivity index (χ3n) is 1.85. The highest BCUT2D eigenvalue weighted by atomic mass is 16.6. The Kier molecular flexibility index (Phi) is 4.68. The number of nitro groups is 1. The SMILES string of the molecule is COCC(O)COc1ccc([N+](=O)[O-])cc1. The molecule has 1 rings (SSSR count). The number of non-ortho nitro benzene ring substituents is 1. The van der Waals surface area contributed by atoms with E-state index in [4.69, 9.17) is 9.47 Å². The summed E-state index contributed by atoms with van der Waals surface area (Å²) in [5, 5.41) is 19.7. The van der Waals surface area contributed by atoms with Crippen molar-refractivity contribution in [2.24, 2.45) is 0 Å². The number of nitro benzene ring substituents is 1. The number of nitrogens with zero attached hydrogens (tertiary/aromatic N) is 1. The third kappa shape index (κ3) is 3.84. The second-order valence-corrected chi connectivity index (χ2v) is 3.17. The van der Waals surface area contributed by atoms with Crippen molar-refractivity contribution >= 4 is 5.69 Å². The molecular formula is C10H13NO5. The number of ether oxygens (including phenoxy) is 2. The molecule has 6 heteroatoms. The summed E-state index contributed by atoms with van der Waals surface area (Å²) < 4.78 is 9.93. The van der Waals surface area contributed by atoms with Gasteiger partial charge in [-0.3, -0.25) is 10.1 Å². The zero-order chi connectivity index (χ0) is 12.0. The number of hydrogen-bond acceptors (Lipinski definition) is 5. The van der Waals surface area contributed by atoms with Gasteiger partial charge in [0.15, 0.2) is 0 Å². The Hall–Kier alpha value is -1.66. The lowest BCUT2D eigenvalue weighted by Gasteiger charge is -2.10. The van der Waals surface area contributed by atoms with Crippen LogP contribution in [0.1, 0.15) is 0 Å². The fourth-order valence-electron chi connectivity index (χ4n) is 1.10. The average Bonchev–Trinajstić information content (AvgIpc) is 2.27. The minimum atomic E-state index is -0.708. The molecule has 1 atom stereocenters. The van der Waals surface area contributed by atoms with Crippen LogP contribution in [0.2, 0.25) is 0 Å². The first-order valence-electron chi connectivity index (χ1n) is 4.67. The molecule has 0 heterocycles. The number of rotatable bonds is 6. The van der Waals surface area contributed by atoms with E-state index in [2.05, 4.69) is 0 Å². The summed E-state index contributed by atoms with van der Waals surface area (Å²) in [6.45, 7) is 0.276.